The Morgan fingerprint density at radius 2 is 1.60 bits per heavy atom. The first-order valence-electron chi connectivity index (χ1n) is 6.82. The van der Waals surface area contributed by atoms with Gasteiger partial charge in [0.1, 0.15) is 13.2 Å². The molecule has 1 unspecified atom stereocenters. The van der Waals surface area contributed by atoms with Crippen LogP contribution in [-0.4, -0.2) is 62.2 Å². The van der Waals surface area contributed by atoms with Gasteiger partial charge in [0.15, 0.2) is 5.16 Å². The maximum Gasteiger partial charge on any atom is 0.343 e. The van der Waals surface area contributed by atoms with Crippen molar-refractivity contribution in [3.8, 4) is 0 Å². The maximum atomic E-state index is 11.5. The lowest BCUT2D eigenvalue weighted by Gasteiger charge is -2.28. The summed E-state index contributed by atoms with van der Waals surface area (Å²) in [6.07, 6.45) is -3.06. The van der Waals surface area contributed by atoms with Crippen molar-refractivity contribution in [2.24, 2.45) is 0 Å². The van der Waals surface area contributed by atoms with Gasteiger partial charge in [-0.25, -0.2) is 4.79 Å². The number of carboxylic acids is 2. The Labute approximate surface area is 142 Å². The summed E-state index contributed by atoms with van der Waals surface area (Å²) < 4.78 is 20.7. The van der Waals surface area contributed by atoms with E-state index < -0.39 is 55.9 Å². The van der Waals surface area contributed by atoms with E-state index >= 15 is 0 Å². The van der Waals surface area contributed by atoms with Crippen LogP contribution in [0.15, 0.2) is 12.2 Å². The monoisotopic (exact) mass is 382 g/mol. The molecule has 11 nitrogen and oxygen atoms in total. The SMILES string of the molecule is C=C(C)C(=O)OCCOC(=O)CCC(CC(=O)O)(C(=O)O)P(=O)(O)O. The number of carbonyl (C=O) groups is 4. The van der Waals surface area contributed by atoms with Gasteiger partial charge in [-0.15, -0.1) is 0 Å². The highest BCUT2D eigenvalue weighted by molar-refractivity contribution is 7.54. The third kappa shape index (κ3) is 7.04. The fourth-order valence-corrected chi connectivity index (χ4v) is 2.68. The summed E-state index contributed by atoms with van der Waals surface area (Å²) >= 11 is 0. The molecule has 0 aromatic rings. The molecule has 0 aliphatic heterocycles. The first kappa shape index (κ1) is 22.8. The number of carbonyl (C=O) groups excluding carboxylic acids is 2. The molecular formula is C13H19O11P. The minimum absolute atomic E-state index is 0.132. The summed E-state index contributed by atoms with van der Waals surface area (Å²) in [5.41, 5.74) is 0.132. The Morgan fingerprint density at radius 3 is 2.00 bits per heavy atom. The second-order valence-corrected chi connectivity index (χ2v) is 7.03. The Balaban J connectivity index is 4.74. The molecule has 1 atom stereocenters. The van der Waals surface area contributed by atoms with Crippen LogP contribution in [-0.2, 0) is 33.2 Å². The molecule has 25 heavy (non-hydrogen) atoms. The lowest BCUT2D eigenvalue weighted by molar-refractivity contribution is -0.152. The Bertz CT molecular complexity index is 605. The van der Waals surface area contributed by atoms with Gasteiger partial charge < -0.3 is 29.5 Å². The molecular weight excluding hydrogens is 363 g/mol. The fourth-order valence-electron chi connectivity index (χ4n) is 1.69. The van der Waals surface area contributed by atoms with Gasteiger partial charge in [-0.1, -0.05) is 6.58 Å². The highest BCUT2D eigenvalue weighted by Gasteiger charge is 2.55. The van der Waals surface area contributed by atoms with E-state index in [0.717, 1.165) is 0 Å². The molecule has 0 aliphatic carbocycles. The van der Waals surface area contributed by atoms with E-state index in [1.54, 1.807) is 0 Å². The van der Waals surface area contributed by atoms with E-state index in [4.69, 9.17) is 10.2 Å². The second-order valence-electron chi connectivity index (χ2n) is 5.09. The molecule has 0 radical (unpaired) electrons. The van der Waals surface area contributed by atoms with Gasteiger partial charge in [-0.05, 0) is 13.3 Å². The molecule has 0 saturated heterocycles. The highest BCUT2D eigenvalue weighted by atomic mass is 31.2. The van der Waals surface area contributed by atoms with E-state index in [0.29, 0.717) is 0 Å². The van der Waals surface area contributed by atoms with Crippen LogP contribution in [0.1, 0.15) is 26.2 Å². The predicted molar refractivity (Wildman–Crippen MR) is 80.6 cm³/mol. The average molecular weight is 382 g/mol. The largest absolute Gasteiger partial charge is 0.481 e. The molecule has 0 rings (SSSR count). The third-order valence-electron chi connectivity index (χ3n) is 3.07. The van der Waals surface area contributed by atoms with Crippen molar-refractivity contribution in [2.75, 3.05) is 13.2 Å². The van der Waals surface area contributed by atoms with Crippen molar-refractivity contribution < 1.29 is 53.2 Å². The van der Waals surface area contributed by atoms with Crippen LogP contribution in [0.5, 0.6) is 0 Å². The molecule has 0 aliphatic rings. The van der Waals surface area contributed by atoms with Crippen LogP contribution >= 0.6 is 7.60 Å². The molecule has 0 fully saturated rings. The Morgan fingerprint density at radius 1 is 1.08 bits per heavy atom. The zero-order valence-corrected chi connectivity index (χ0v) is 14.2. The van der Waals surface area contributed by atoms with Gasteiger partial charge in [0.2, 0.25) is 0 Å². The number of hydrogen-bond acceptors (Lipinski definition) is 7. The maximum absolute atomic E-state index is 11.5. The van der Waals surface area contributed by atoms with Crippen LogP contribution in [0.3, 0.4) is 0 Å². The lowest BCUT2D eigenvalue weighted by atomic mass is 9.98. The van der Waals surface area contributed by atoms with Crippen molar-refractivity contribution in [1.82, 2.24) is 0 Å². The number of esters is 2. The van der Waals surface area contributed by atoms with Gasteiger partial charge in [0.05, 0.1) is 6.42 Å². The molecule has 142 valence electrons. The molecule has 4 N–H and O–H groups in total. The number of aliphatic carboxylic acids is 2. The van der Waals surface area contributed by atoms with Crippen LogP contribution in [0.25, 0.3) is 0 Å². The van der Waals surface area contributed by atoms with Crippen LogP contribution in [0, 0.1) is 0 Å². The van der Waals surface area contributed by atoms with E-state index in [1.165, 1.54) is 6.92 Å². The molecule has 0 saturated carbocycles. The van der Waals surface area contributed by atoms with E-state index in [-0.39, 0.29) is 18.8 Å². The molecule has 0 aromatic carbocycles. The summed E-state index contributed by atoms with van der Waals surface area (Å²) in [5, 5.41) is 14.9. The molecule has 0 bridgehead atoms. The molecule has 0 spiro atoms. The smallest absolute Gasteiger partial charge is 0.343 e. The molecule has 0 aromatic heterocycles. The summed E-state index contributed by atoms with van der Waals surface area (Å²) in [4.78, 5) is 63.1. The third-order valence-corrected chi connectivity index (χ3v) is 4.76. The molecule has 0 heterocycles. The topological polar surface area (TPSA) is 185 Å². The number of ether oxygens (including phenoxy) is 2. The standard InChI is InChI=1S/C13H19O11P/c1-8(2)11(17)24-6-5-23-10(16)3-4-13(12(18)19,7-9(14)15)25(20,21)22/h1,3-7H2,2H3,(H,14,15)(H,18,19)(H2,20,21,22). The fraction of sp³-hybridized carbons (Fsp3) is 0.538. The summed E-state index contributed by atoms with van der Waals surface area (Å²) in [5.74, 6) is -5.52. The minimum Gasteiger partial charge on any atom is -0.481 e. The average Bonchev–Trinajstić information content (AvgIpc) is 2.45. The Hall–Kier alpha value is -2.23. The van der Waals surface area contributed by atoms with E-state index in [9.17, 15) is 33.5 Å². The molecule has 0 amide bonds. The quantitative estimate of drug-likeness (QED) is 0.162. The van der Waals surface area contributed by atoms with Crippen LogP contribution in [0.2, 0.25) is 0 Å². The van der Waals surface area contributed by atoms with Crippen molar-refractivity contribution in [3.05, 3.63) is 12.2 Å². The normalized spacial score (nSPS) is 13.4. The first-order chi connectivity index (χ1) is 11.3. The van der Waals surface area contributed by atoms with Crippen molar-refractivity contribution >= 4 is 31.5 Å². The van der Waals surface area contributed by atoms with E-state index in [1.807, 2.05) is 0 Å². The van der Waals surface area contributed by atoms with Gasteiger partial charge in [-0.3, -0.25) is 18.9 Å². The van der Waals surface area contributed by atoms with Crippen molar-refractivity contribution in [1.29, 1.82) is 0 Å². The van der Waals surface area contributed by atoms with Gasteiger partial charge in [0.25, 0.3) is 0 Å². The van der Waals surface area contributed by atoms with Gasteiger partial charge >= 0.3 is 31.5 Å². The van der Waals surface area contributed by atoms with Gasteiger partial charge in [-0.2, -0.15) is 0 Å². The van der Waals surface area contributed by atoms with E-state index in [2.05, 4.69) is 16.1 Å². The zero-order valence-electron chi connectivity index (χ0n) is 13.3. The summed E-state index contributed by atoms with van der Waals surface area (Å²) in [6.45, 7) is 4.07. The number of rotatable bonds is 11. The van der Waals surface area contributed by atoms with Crippen LogP contribution in [0.4, 0.5) is 0 Å². The number of hydrogen-bond donors (Lipinski definition) is 4. The lowest BCUT2D eigenvalue weighted by Crippen LogP contribution is -2.41. The summed E-state index contributed by atoms with van der Waals surface area (Å²) in [7, 11) is -5.40. The number of carboxylic acid groups (broad SMARTS) is 2. The first-order valence-corrected chi connectivity index (χ1v) is 8.44. The van der Waals surface area contributed by atoms with Crippen LogP contribution < -0.4 is 0 Å². The molecule has 12 heteroatoms. The van der Waals surface area contributed by atoms with Crippen molar-refractivity contribution in [3.63, 3.8) is 0 Å². The second kappa shape index (κ2) is 9.30. The zero-order chi connectivity index (χ0) is 19.8. The Kier molecular flexibility index (Phi) is 8.47. The predicted octanol–water partition coefficient (Wildman–Crippen LogP) is -0.0951. The van der Waals surface area contributed by atoms with Gasteiger partial charge in [0, 0.05) is 12.0 Å². The highest BCUT2D eigenvalue weighted by Crippen LogP contribution is 2.55. The van der Waals surface area contributed by atoms with Crippen molar-refractivity contribution in [2.45, 2.75) is 31.3 Å². The minimum atomic E-state index is -5.40. The summed E-state index contributed by atoms with van der Waals surface area (Å²) in [6, 6.07) is 0.